The number of carbonyl (C=O) groups excluding carboxylic acids is 1. The highest BCUT2D eigenvalue weighted by atomic mass is 35.5. The first-order valence-corrected chi connectivity index (χ1v) is 9.93. The molecular formula is C17H17ClN2O5S. The highest BCUT2D eigenvalue weighted by molar-refractivity contribution is 7.92. The van der Waals surface area contributed by atoms with Gasteiger partial charge < -0.3 is 15.2 Å². The fraction of sp³-hybridized carbons (Fsp3) is 0.235. The summed E-state index contributed by atoms with van der Waals surface area (Å²) in [6, 6.07) is 7.79. The molecule has 3 rings (SSSR count). The number of hydrogen-bond donors (Lipinski definition) is 3. The third kappa shape index (κ3) is 3.71. The van der Waals surface area contributed by atoms with Gasteiger partial charge in [0.1, 0.15) is 11.5 Å². The number of fused-ring (bicyclic) bond motifs is 1. The molecule has 2 aromatic rings. The molecule has 0 aromatic heterocycles. The van der Waals surface area contributed by atoms with E-state index in [-0.39, 0.29) is 29.7 Å². The monoisotopic (exact) mass is 396 g/mol. The number of benzene rings is 2. The molecule has 0 bridgehead atoms. The molecule has 1 amide bonds. The average molecular weight is 397 g/mol. The van der Waals surface area contributed by atoms with Gasteiger partial charge in [0.25, 0.3) is 0 Å². The summed E-state index contributed by atoms with van der Waals surface area (Å²) in [5.41, 5.74) is 2.13. The van der Waals surface area contributed by atoms with E-state index in [0.717, 1.165) is 11.8 Å². The number of phenolic OH excluding ortho intramolecular Hbond substituents is 1. The Morgan fingerprint density at radius 1 is 1.27 bits per heavy atom. The van der Waals surface area contributed by atoms with E-state index in [0.29, 0.717) is 22.0 Å². The normalized spacial score (nSPS) is 16.6. The Hall–Kier alpha value is -2.45. The van der Waals surface area contributed by atoms with Crippen LogP contribution in [-0.2, 0) is 14.8 Å². The summed E-state index contributed by atoms with van der Waals surface area (Å²) in [7, 11) is -2.09. The Kier molecular flexibility index (Phi) is 4.72. The molecule has 9 heteroatoms. The summed E-state index contributed by atoms with van der Waals surface area (Å²) in [4.78, 5) is 12.2. The third-order valence-corrected chi connectivity index (χ3v) is 4.98. The van der Waals surface area contributed by atoms with Crippen LogP contribution in [0.1, 0.15) is 23.5 Å². The first-order chi connectivity index (χ1) is 12.2. The molecule has 0 radical (unpaired) electrons. The number of amides is 1. The van der Waals surface area contributed by atoms with Gasteiger partial charge in [-0.15, -0.1) is 0 Å². The highest BCUT2D eigenvalue weighted by Gasteiger charge is 2.30. The van der Waals surface area contributed by atoms with Crippen molar-refractivity contribution in [3.63, 3.8) is 0 Å². The number of hydrogen-bond acceptors (Lipinski definition) is 5. The van der Waals surface area contributed by atoms with E-state index in [4.69, 9.17) is 16.3 Å². The molecule has 1 aliphatic heterocycles. The molecular weight excluding hydrogens is 380 g/mol. The lowest BCUT2D eigenvalue weighted by molar-refractivity contribution is -0.116. The lowest BCUT2D eigenvalue weighted by Gasteiger charge is -2.28. The van der Waals surface area contributed by atoms with Crippen LogP contribution in [0, 0.1) is 0 Å². The molecule has 0 saturated carbocycles. The summed E-state index contributed by atoms with van der Waals surface area (Å²) < 4.78 is 30.8. The maximum atomic E-state index is 12.2. The molecule has 1 aliphatic rings. The minimum Gasteiger partial charge on any atom is -0.508 e. The zero-order chi connectivity index (χ0) is 19.1. The van der Waals surface area contributed by atoms with Gasteiger partial charge >= 0.3 is 0 Å². The van der Waals surface area contributed by atoms with Crippen LogP contribution < -0.4 is 14.8 Å². The van der Waals surface area contributed by atoms with Gasteiger partial charge in [0, 0.05) is 23.0 Å². The molecule has 0 fully saturated rings. The molecule has 1 heterocycles. The molecule has 2 aromatic carbocycles. The van der Waals surface area contributed by atoms with Crippen molar-refractivity contribution in [2.45, 2.75) is 12.3 Å². The summed E-state index contributed by atoms with van der Waals surface area (Å²) in [6.45, 7) is 0. The second kappa shape index (κ2) is 6.69. The third-order valence-electron chi connectivity index (χ3n) is 4.07. The van der Waals surface area contributed by atoms with Crippen molar-refractivity contribution in [2.24, 2.45) is 0 Å². The molecule has 1 atom stereocenters. The zero-order valence-corrected chi connectivity index (χ0v) is 15.6. The van der Waals surface area contributed by atoms with Gasteiger partial charge in [-0.1, -0.05) is 17.7 Å². The van der Waals surface area contributed by atoms with Crippen molar-refractivity contribution in [2.75, 3.05) is 23.4 Å². The van der Waals surface area contributed by atoms with Gasteiger partial charge in [-0.2, -0.15) is 0 Å². The van der Waals surface area contributed by atoms with Crippen LogP contribution in [0.15, 0.2) is 30.3 Å². The summed E-state index contributed by atoms with van der Waals surface area (Å²) in [6.07, 6.45) is 1.20. The number of phenols is 1. The van der Waals surface area contributed by atoms with Crippen molar-refractivity contribution in [3.05, 3.63) is 46.5 Å². The van der Waals surface area contributed by atoms with Gasteiger partial charge in [-0.25, -0.2) is 8.42 Å². The smallest absolute Gasteiger partial charge is 0.229 e. The van der Waals surface area contributed by atoms with Crippen LogP contribution in [0.4, 0.5) is 11.4 Å². The molecule has 0 unspecified atom stereocenters. The number of nitrogens with one attached hydrogen (secondary N) is 2. The minimum absolute atomic E-state index is 0.0320. The first kappa shape index (κ1) is 18.3. The Balaban J connectivity index is 2.15. The molecule has 7 nitrogen and oxygen atoms in total. The van der Waals surface area contributed by atoms with Crippen LogP contribution in [-0.4, -0.2) is 32.8 Å². The van der Waals surface area contributed by atoms with Crippen LogP contribution in [0.2, 0.25) is 5.02 Å². The molecule has 0 spiro atoms. The topological polar surface area (TPSA) is 105 Å². The lowest BCUT2D eigenvalue weighted by Crippen LogP contribution is -2.24. The second-order valence-corrected chi connectivity index (χ2v) is 8.18. The van der Waals surface area contributed by atoms with E-state index in [1.54, 1.807) is 12.1 Å². The fourth-order valence-electron chi connectivity index (χ4n) is 3.01. The number of methoxy groups -OCH3 is 1. The second-order valence-electron chi connectivity index (χ2n) is 6.02. The first-order valence-electron chi connectivity index (χ1n) is 7.66. The van der Waals surface area contributed by atoms with Gasteiger partial charge in [0.15, 0.2) is 0 Å². The van der Waals surface area contributed by atoms with E-state index in [9.17, 15) is 18.3 Å². The average Bonchev–Trinajstić information content (AvgIpc) is 2.52. The number of aromatic hydroxyl groups is 1. The van der Waals surface area contributed by atoms with Crippen molar-refractivity contribution < 1.29 is 23.1 Å². The van der Waals surface area contributed by atoms with Crippen molar-refractivity contribution in [1.82, 2.24) is 0 Å². The van der Waals surface area contributed by atoms with Crippen LogP contribution in [0.5, 0.6) is 11.5 Å². The van der Waals surface area contributed by atoms with E-state index in [2.05, 4.69) is 10.0 Å². The van der Waals surface area contributed by atoms with Gasteiger partial charge in [0.05, 0.1) is 19.1 Å². The number of rotatable bonds is 4. The molecule has 138 valence electrons. The standard InChI is InChI=1S/C17H17ClN2O5S/c1-25-16-6-12-11(10-4-3-9(21)5-13(10)18)7-17(22)19-14(12)8-15(16)20-26(2,23)24/h3-6,8,11,20-21H,7H2,1-2H3,(H,19,22)/t11-/m0/s1. The number of anilines is 2. The Bertz CT molecular complexity index is 991. The molecule has 0 saturated heterocycles. The van der Waals surface area contributed by atoms with Crippen molar-refractivity contribution in [3.8, 4) is 11.5 Å². The van der Waals surface area contributed by atoms with Gasteiger partial charge in [-0.05, 0) is 35.4 Å². The van der Waals surface area contributed by atoms with Crippen LogP contribution in [0.25, 0.3) is 0 Å². The molecule has 0 aliphatic carbocycles. The predicted molar refractivity (Wildman–Crippen MR) is 99.7 cm³/mol. The van der Waals surface area contributed by atoms with Crippen LogP contribution >= 0.6 is 11.6 Å². The Morgan fingerprint density at radius 3 is 2.62 bits per heavy atom. The number of halogens is 1. The Labute approximate surface area is 156 Å². The SMILES string of the molecule is COc1cc2c(cc1NS(C)(=O)=O)NC(=O)C[C@H]2c1ccc(O)cc1Cl. The fourth-order valence-corrected chi connectivity index (χ4v) is 3.88. The van der Waals surface area contributed by atoms with Crippen LogP contribution in [0.3, 0.4) is 0 Å². The lowest BCUT2D eigenvalue weighted by atomic mass is 9.84. The molecule has 26 heavy (non-hydrogen) atoms. The van der Waals surface area contributed by atoms with E-state index in [1.165, 1.54) is 25.3 Å². The zero-order valence-electron chi connectivity index (χ0n) is 14.0. The largest absolute Gasteiger partial charge is 0.508 e. The van der Waals surface area contributed by atoms with E-state index < -0.39 is 10.0 Å². The highest BCUT2D eigenvalue weighted by Crippen LogP contribution is 2.44. The quantitative estimate of drug-likeness (QED) is 0.737. The number of ether oxygens (including phenoxy) is 1. The maximum absolute atomic E-state index is 12.2. The van der Waals surface area contributed by atoms with Crippen molar-refractivity contribution in [1.29, 1.82) is 0 Å². The van der Waals surface area contributed by atoms with E-state index in [1.807, 2.05) is 0 Å². The van der Waals surface area contributed by atoms with Gasteiger partial charge in [0.2, 0.25) is 15.9 Å². The van der Waals surface area contributed by atoms with Crippen molar-refractivity contribution >= 4 is 38.9 Å². The Morgan fingerprint density at radius 2 is 2.00 bits per heavy atom. The number of sulfonamides is 1. The maximum Gasteiger partial charge on any atom is 0.229 e. The number of carbonyl (C=O) groups is 1. The summed E-state index contributed by atoms with van der Waals surface area (Å²) in [5.74, 6) is -0.218. The summed E-state index contributed by atoms with van der Waals surface area (Å²) in [5, 5.41) is 12.6. The predicted octanol–water partition coefficient (Wildman–Crippen LogP) is 2.90. The summed E-state index contributed by atoms with van der Waals surface area (Å²) >= 11 is 6.25. The van der Waals surface area contributed by atoms with Gasteiger partial charge in [-0.3, -0.25) is 9.52 Å². The molecule has 3 N–H and O–H groups in total. The minimum atomic E-state index is -3.52. The van der Waals surface area contributed by atoms with E-state index >= 15 is 0 Å².